The molecule has 2 nitrogen and oxygen atoms in total. The molecule has 0 spiro atoms. The molecule has 0 aliphatic heterocycles. The van der Waals surface area contributed by atoms with Crippen molar-refractivity contribution < 1.29 is 4.74 Å². The second-order valence-electron chi connectivity index (χ2n) is 2.42. The maximum atomic E-state index is 5.61. The smallest absolute Gasteiger partial charge is 0.118 e. The number of methoxy groups -OCH3 is 1. The van der Waals surface area contributed by atoms with Gasteiger partial charge in [-0.2, -0.15) is 0 Å². The summed E-state index contributed by atoms with van der Waals surface area (Å²) in [6, 6.07) is 7.09. The maximum Gasteiger partial charge on any atom is 0.118 e. The molecule has 1 aromatic rings. The average molecular weight is 161 g/mol. The van der Waals surface area contributed by atoms with E-state index >= 15 is 0 Å². The van der Waals surface area contributed by atoms with E-state index in [1.165, 1.54) is 0 Å². The van der Waals surface area contributed by atoms with Crippen LogP contribution in [-0.2, 0) is 0 Å². The van der Waals surface area contributed by atoms with Gasteiger partial charge in [0.1, 0.15) is 5.75 Å². The van der Waals surface area contributed by atoms with Crippen molar-refractivity contribution in [2.75, 3.05) is 7.11 Å². The fourth-order valence-corrected chi connectivity index (χ4v) is 0.907. The van der Waals surface area contributed by atoms with Gasteiger partial charge in [0.25, 0.3) is 0 Å². The van der Waals surface area contributed by atoms with E-state index in [0.29, 0.717) is 0 Å². The van der Waals surface area contributed by atoms with Crippen LogP contribution in [0.1, 0.15) is 11.6 Å². The molecule has 0 aliphatic rings. The van der Waals surface area contributed by atoms with E-state index in [2.05, 4.69) is 5.92 Å². The van der Waals surface area contributed by atoms with Crippen LogP contribution < -0.4 is 10.5 Å². The molecule has 2 N–H and O–H groups in total. The van der Waals surface area contributed by atoms with Crippen LogP contribution in [0.3, 0.4) is 0 Å². The Morgan fingerprint density at radius 1 is 1.42 bits per heavy atom. The highest BCUT2D eigenvalue weighted by Gasteiger charge is 2.00. The van der Waals surface area contributed by atoms with Gasteiger partial charge in [-0.05, 0) is 17.7 Å². The minimum atomic E-state index is -0.323. The Balaban J connectivity index is 2.86. The van der Waals surface area contributed by atoms with Crippen LogP contribution >= 0.6 is 0 Å². The van der Waals surface area contributed by atoms with E-state index in [-0.39, 0.29) is 6.04 Å². The van der Waals surface area contributed by atoms with E-state index in [0.717, 1.165) is 11.3 Å². The van der Waals surface area contributed by atoms with Crippen molar-refractivity contribution in [2.24, 2.45) is 5.73 Å². The molecule has 0 aliphatic carbocycles. The topological polar surface area (TPSA) is 35.2 Å². The molecule has 0 amide bonds. The van der Waals surface area contributed by atoms with E-state index < -0.39 is 0 Å². The molecule has 1 unspecified atom stereocenters. The molecule has 0 saturated heterocycles. The lowest BCUT2D eigenvalue weighted by atomic mass is 10.1. The summed E-state index contributed by atoms with van der Waals surface area (Å²) in [5.41, 5.74) is 6.54. The van der Waals surface area contributed by atoms with Crippen molar-refractivity contribution in [1.29, 1.82) is 0 Å². The number of hydrogen-bond acceptors (Lipinski definition) is 2. The molecule has 0 saturated carbocycles. The predicted molar refractivity (Wildman–Crippen MR) is 48.8 cm³/mol. The third-order valence-electron chi connectivity index (χ3n) is 1.65. The van der Waals surface area contributed by atoms with Crippen molar-refractivity contribution in [3.05, 3.63) is 29.8 Å². The highest BCUT2D eigenvalue weighted by molar-refractivity contribution is 5.31. The predicted octanol–water partition coefficient (Wildman–Crippen LogP) is 1.33. The molecule has 1 aromatic carbocycles. The van der Waals surface area contributed by atoms with Crippen LogP contribution in [0.4, 0.5) is 0 Å². The van der Waals surface area contributed by atoms with E-state index in [9.17, 15) is 0 Å². The van der Waals surface area contributed by atoms with Crippen LogP contribution in [0, 0.1) is 12.3 Å². The van der Waals surface area contributed by atoms with Gasteiger partial charge in [-0.3, -0.25) is 0 Å². The fraction of sp³-hybridized carbons (Fsp3) is 0.200. The van der Waals surface area contributed by atoms with Gasteiger partial charge < -0.3 is 10.5 Å². The van der Waals surface area contributed by atoms with E-state index in [1.807, 2.05) is 24.3 Å². The summed E-state index contributed by atoms with van der Waals surface area (Å²) in [5.74, 6) is 3.26. The molecule has 0 aromatic heterocycles. The Labute approximate surface area is 72.3 Å². The van der Waals surface area contributed by atoms with Crippen molar-refractivity contribution in [3.8, 4) is 18.1 Å². The number of terminal acetylenes is 1. The second kappa shape index (κ2) is 3.80. The SMILES string of the molecule is C#CC(N)c1ccc(OC)cc1. The quantitative estimate of drug-likeness (QED) is 0.664. The van der Waals surface area contributed by atoms with Crippen LogP contribution in [0.25, 0.3) is 0 Å². The standard InChI is InChI=1S/C10H11NO/c1-3-10(11)8-4-6-9(12-2)7-5-8/h1,4-7,10H,11H2,2H3. The average Bonchev–Trinajstić information content (AvgIpc) is 2.17. The largest absolute Gasteiger partial charge is 0.497 e. The third kappa shape index (κ3) is 1.77. The zero-order valence-electron chi connectivity index (χ0n) is 6.95. The van der Waals surface area contributed by atoms with Gasteiger partial charge in [-0.1, -0.05) is 18.1 Å². The van der Waals surface area contributed by atoms with Gasteiger partial charge in [0.2, 0.25) is 0 Å². The lowest BCUT2D eigenvalue weighted by Gasteiger charge is -2.05. The molecule has 12 heavy (non-hydrogen) atoms. The number of nitrogens with two attached hydrogens (primary N) is 1. The van der Waals surface area contributed by atoms with E-state index in [1.54, 1.807) is 7.11 Å². The summed E-state index contributed by atoms with van der Waals surface area (Å²) in [6.45, 7) is 0. The first-order chi connectivity index (χ1) is 5.77. The molecule has 0 fully saturated rings. The Hall–Kier alpha value is -1.46. The zero-order valence-corrected chi connectivity index (χ0v) is 6.95. The molecular formula is C10H11NO. The van der Waals surface area contributed by atoms with Gasteiger partial charge in [-0.25, -0.2) is 0 Å². The van der Waals surface area contributed by atoms with Crippen LogP contribution in [0.5, 0.6) is 5.75 Å². The molecule has 1 rings (SSSR count). The van der Waals surface area contributed by atoms with E-state index in [4.69, 9.17) is 16.9 Å². The molecule has 2 heteroatoms. The van der Waals surface area contributed by atoms with Crippen LogP contribution in [0.15, 0.2) is 24.3 Å². The molecule has 62 valence electrons. The second-order valence-corrected chi connectivity index (χ2v) is 2.42. The lowest BCUT2D eigenvalue weighted by Crippen LogP contribution is -2.06. The molecule has 0 radical (unpaired) electrons. The first-order valence-electron chi connectivity index (χ1n) is 3.63. The molecule has 1 atom stereocenters. The zero-order chi connectivity index (χ0) is 8.97. The van der Waals surface area contributed by atoms with Crippen molar-refractivity contribution >= 4 is 0 Å². The fourth-order valence-electron chi connectivity index (χ4n) is 0.907. The lowest BCUT2D eigenvalue weighted by molar-refractivity contribution is 0.414. The monoisotopic (exact) mass is 161 g/mol. The van der Waals surface area contributed by atoms with Gasteiger partial charge in [0.15, 0.2) is 0 Å². The van der Waals surface area contributed by atoms with Gasteiger partial charge in [-0.15, -0.1) is 6.42 Å². The number of rotatable bonds is 2. The minimum absolute atomic E-state index is 0.323. The Kier molecular flexibility index (Phi) is 2.73. The Morgan fingerprint density at radius 3 is 2.42 bits per heavy atom. The van der Waals surface area contributed by atoms with Crippen molar-refractivity contribution in [3.63, 3.8) is 0 Å². The summed E-state index contributed by atoms with van der Waals surface area (Å²) in [7, 11) is 1.62. The third-order valence-corrected chi connectivity index (χ3v) is 1.65. The van der Waals surface area contributed by atoms with Gasteiger partial charge in [0.05, 0.1) is 13.2 Å². The highest BCUT2D eigenvalue weighted by Crippen LogP contribution is 2.14. The summed E-state index contributed by atoms with van der Waals surface area (Å²) >= 11 is 0. The highest BCUT2D eigenvalue weighted by atomic mass is 16.5. The summed E-state index contributed by atoms with van der Waals surface area (Å²) in [6.07, 6.45) is 5.17. The number of benzene rings is 1. The first-order valence-corrected chi connectivity index (χ1v) is 3.63. The maximum absolute atomic E-state index is 5.61. The van der Waals surface area contributed by atoms with Crippen LogP contribution in [-0.4, -0.2) is 7.11 Å². The van der Waals surface area contributed by atoms with Crippen LogP contribution in [0.2, 0.25) is 0 Å². The Morgan fingerprint density at radius 2 is 2.00 bits per heavy atom. The van der Waals surface area contributed by atoms with Crippen molar-refractivity contribution in [2.45, 2.75) is 6.04 Å². The number of hydrogen-bond donors (Lipinski definition) is 1. The van der Waals surface area contributed by atoms with Gasteiger partial charge in [0, 0.05) is 0 Å². The summed E-state index contributed by atoms with van der Waals surface area (Å²) < 4.78 is 4.99. The van der Waals surface area contributed by atoms with Gasteiger partial charge >= 0.3 is 0 Å². The Bertz CT molecular complexity index is 284. The summed E-state index contributed by atoms with van der Waals surface area (Å²) in [4.78, 5) is 0. The molecule has 0 bridgehead atoms. The molecular weight excluding hydrogens is 150 g/mol. The summed E-state index contributed by atoms with van der Waals surface area (Å²) in [5, 5.41) is 0. The number of ether oxygens (including phenoxy) is 1. The van der Waals surface area contributed by atoms with Crippen molar-refractivity contribution in [1.82, 2.24) is 0 Å². The minimum Gasteiger partial charge on any atom is -0.497 e. The first kappa shape index (κ1) is 8.63. The normalized spacial score (nSPS) is 11.8. The molecule has 0 heterocycles.